The van der Waals surface area contributed by atoms with Crippen LogP contribution in [0.4, 0.5) is 5.69 Å². The zero-order valence-electron chi connectivity index (χ0n) is 12.3. The summed E-state index contributed by atoms with van der Waals surface area (Å²) in [5.74, 6) is 0. The predicted molar refractivity (Wildman–Crippen MR) is 91.4 cm³/mol. The minimum Gasteiger partial charge on any atom is -0.384 e. The van der Waals surface area contributed by atoms with Gasteiger partial charge in [-0.3, -0.25) is 0 Å². The van der Waals surface area contributed by atoms with Crippen molar-refractivity contribution in [1.29, 1.82) is 0 Å². The van der Waals surface area contributed by atoms with E-state index in [1.165, 1.54) is 16.8 Å². The highest BCUT2D eigenvalue weighted by Crippen LogP contribution is 2.27. The van der Waals surface area contributed by atoms with Gasteiger partial charge in [-0.15, -0.1) is 0 Å². The molecule has 0 bridgehead atoms. The molecule has 106 valence electrons. The molecular formula is C20H21N. The molecule has 1 heteroatoms. The van der Waals surface area contributed by atoms with Gasteiger partial charge in [0.05, 0.1) is 0 Å². The first-order valence-electron chi connectivity index (χ1n) is 7.65. The second kappa shape index (κ2) is 6.94. The fourth-order valence-corrected chi connectivity index (χ4v) is 2.72. The third-order valence-electron chi connectivity index (χ3n) is 3.86. The second-order valence-corrected chi connectivity index (χ2v) is 5.36. The van der Waals surface area contributed by atoms with Crippen LogP contribution >= 0.6 is 0 Å². The molecule has 0 radical (unpaired) electrons. The van der Waals surface area contributed by atoms with E-state index in [1.54, 1.807) is 5.57 Å². The standard InChI is InChI=1S/C20H21N/c1-3-9-17(10-4-1)15-16-21-20-14-8-7-13-19(20)18-11-5-2-6-12-18/h1-3,5-8,10-14,21H,4,9,15-16H2. The highest BCUT2D eigenvalue weighted by Gasteiger charge is 2.04. The number of anilines is 1. The topological polar surface area (TPSA) is 12.0 Å². The fraction of sp³-hybridized carbons (Fsp3) is 0.200. The minimum atomic E-state index is 0.990. The SMILES string of the molecule is C1=CCC(CCNc2ccccc2-c2ccccc2)=CC1. The molecule has 0 atom stereocenters. The number of benzene rings is 2. The van der Waals surface area contributed by atoms with Crippen LogP contribution in [0.15, 0.2) is 78.4 Å². The molecule has 0 saturated carbocycles. The second-order valence-electron chi connectivity index (χ2n) is 5.36. The molecule has 0 aliphatic heterocycles. The van der Waals surface area contributed by atoms with Gasteiger partial charge >= 0.3 is 0 Å². The molecule has 0 aromatic heterocycles. The molecule has 2 aromatic carbocycles. The van der Waals surface area contributed by atoms with Crippen molar-refractivity contribution in [2.75, 3.05) is 11.9 Å². The molecule has 1 aliphatic carbocycles. The summed E-state index contributed by atoms with van der Waals surface area (Å²) >= 11 is 0. The molecule has 0 fully saturated rings. The van der Waals surface area contributed by atoms with Crippen molar-refractivity contribution in [1.82, 2.24) is 0 Å². The van der Waals surface area contributed by atoms with Crippen LogP contribution in [0.5, 0.6) is 0 Å². The van der Waals surface area contributed by atoms with Crippen molar-refractivity contribution < 1.29 is 0 Å². The van der Waals surface area contributed by atoms with Crippen LogP contribution in [0.2, 0.25) is 0 Å². The van der Waals surface area contributed by atoms with Crippen molar-refractivity contribution in [3.8, 4) is 11.1 Å². The Morgan fingerprint density at radius 3 is 2.48 bits per heavy atom. The maximum Gasteiger partial charge on any atom is 0.0419 e. The van der Waals surface area contributed by atoms with Gasteiger partial charge in [-0.2, -0.15) is 0 Å². The van der Waals surface area contributed by atoms with E-state index in [9.17, 15) is 0 Å². The van der Waals surface area contributed by atoms with Crippen LogP contribution in [0, 0.1) is 0 Å². The summed E-state index contributed by atoms with van der Waals surface area (Å²) in [7, 11) is 0. The van der Waals surface area contributed by atoms with Gasteiger partial charge in [0, 0.05) is 17.8 Å². The molecule has 2 aromatic rings. The number of nitrogens with one attached hydrogen (secondary N) is 1. The molecule has 0 saturated heterocycles. The molecule has 0 heterocycles. The quantitative estimate of drug-likeness (QED) is 0.717. The number of rotatable bonds is 5. The third kappa shape index (κ3) is 3.63. The maximum absolute atomic E-state index is 3.59. The number of hydrogen-bond acceptors (Lipinski definition) is 1. The molecule has 0 spiro atoms. The molecule has 0 amide bonds. The molecular weight excluding hydrogens is 254 g/mol. The van der Waals surface area contributed by atoms with E-state index in [4.69, 9.17) is 0 Å². The summed E-state index contributed by atoms with van der Waals surface area (Å²) in [6, 6.07) is 19.1. The Morgan fingerprint density at radius 2 is 1.67 bits per heavy atom. The number of allylic oxidation sites excluding steroid dienone is 3. The van der Waals surface area contributed by atoms with Gasteiger partial charge in [0.25, 0.3) is 0 Å². The predicted octanol–water partition coefficient (Wildman–Crippen LogP) is 5.43. The van der Waals surface area contributed by atoms with Crippen molar-refractivity contribution in [3.05, 3.63) is 78.4 Å². The Balaban J connectivity index is 1.67. The average molecular weight is 275 g/mol. The van der Waals surface area contributed by atoms with Gasteiger partial charge in [0.2, 0.25) is 0 Å². The molecule has 1 aliphatic rings. The van der Waals surface area contributed by atoms with E-state index in [2.05, 4.69) is 78.1 Å². The lowest BCUT2D eigenvalue weighted by Crippen LogP contribution is -2.04. The molecule has 0 unspecified atom stereocenters. The summed E-state index contributed by atoms with van der Waals surface area (Å²) in [6.07, 6.45) is 10.2. The molecule has 1 nitrogen and oxygen atoms in total. The Labute approximate surface area is 127 Å². The smallest absolute Gasteiger partial charge is 0.0419 e. The summed E-state index contributed by atoms with van der Waals surface area (Å²) in [5.41, 5.74) is 5.30. The molecule has 3 rings (SSSR count). The highest BCUT2D eigenvalue weighted by atomic mass is 14.9. The van der Waals surface area contributed by atoms with Crippen LogP contribution in [-0.2, 0) is 0 Å². The van der Waals surface area contributed by atoms with Crippen molar-refractivity contribution in [3.63, 3.8) is 0 Å². The van der Waals surface area contributed by atoms with Crippen molar-refractivity contribution >= 4 is 5.69 Å². The van der Waals surface area contributed by atoms with Crippen LogP contribution in [0.1, 0.15) is 19.3 Å². The fourth-order valence-electron chi connectivity index (χ4n) is 2.72. The lowest BCUT2D eigenvalue weighted by molar-refractivity contribution is 0.934. The largest absolute Gasteiger partial charge is 0.384 e. The maximum atomic E-state index is 3.59. The van der Waals surface area contributed by atoms with Gasteiger partial charge < -0.3 is 5.32 Å². The van der Waals surface area contributed by atoms with E-state index in [-0.39, 0.29) is 0 Å². The van der Waals surface area contributed by atoms with Gasteiger partial charge in [0.1, 0.15) is 0 Å². The van der Waals surface area contributed by atoms with E-state index in [1.807, 2.05) is 0 Å². The first kappa shape index (κ1) is 13.7. The van der Waals surface area contributed by atoms with E-state index in [0.717, 1.165) is 25.8 Å². The Hall–Kier alpha value is -2.28. The molecule has 21 heavy (non-hydrogen) atoms. The van der Waals surface area contributed by atoms with Crippen LogP contribution in [-0.4, -0.2) is 6.54 Å². The Kier molecular flexibility index (Phi) is 4.52. The summed E-state index contributed by atoms with van der Waals surface area (Å²) < 4.78 is 0. The number of hydrogen-bond donors (Lipinski definition) is 1. The summed E-state index contributed by atoms with van der Waals surface area (Å²) in [6.45, 7) is 0.990. The normalized spacial score (nSPS) is 13.8. The van der Waals surface area contributed by atoms with Crippen LogP contribution in [0.25, 0.3) is 11.1 Å². The zero-order valence-corrected chi connectivity index (χ0v) is 12.3. The van der Waals surface area contributed by atoms with Crippen molar-refractivity contribution in [2.24, 2.45) is 0 Å². The summed E-state index contributed by atoms with van der Waals surface area (Å²) in [5, 5.41) is 3.59. The summed E-state index contributed by atoms with van der Waals surface area (Å²) in [4.78, 5) is 0. The number of para-hydroxylation sites is 1. The minimum absolute atomic E-state index is 0.990. The van der Waals surface area contributed by atoms with Gasteiger partial charge in [-0.05, 0) is 30.9 Å². The molecule has 1 N–H and O–H groups in total. The van der Waals surface area contributed by atoms with E-state index >= 15 is 0 Å². The van der Waals surface area contributed by atoms with Gasteiger partial charge in [-0.1, -0.05) is 72.3 Å². The van der Waals surface area contributed by atoms with Crippen molar-refractivity contribution in [2.45, 2.75) is 19.3 Å². The zero-order chi connectivity index (χ0) is 14.3. The van der Waals surface area contributed by atoms with E-state index in [0.29, 0.717) is 0 Å². The highest BCUT2D eigenvalue weighted by molar-refractivity contribution is 5.77. The first-order chi connectivity index (χ1) is 10.4. The van der Waals surface area contributed by atoms with Crippen LogP contribution < -0.4 is 5.32 Å². The lowest BCUT2D eigenvalue weighted by atomic mass is 10.0. The Bertz CT molecular complexity index is 638. The monoisotopic (exact) mass is 275 g/mol. The Morgan fingerprint density at radius 1 is 0.857 bits per heavy atom. The van der Waals surface area contributed by atoms with Gasteiger partial charge in [0.15, 0.2) is 0 Å². The van der Waals surface area contributed by atoms with Crippen LogP contribution in [0.3, 0.4) is 0 Å². The first-order valence-corrected chi connectivity index (χ1v) is 7.65. The van der Waals surface area contributed by atoms with Gasteiger partial charge in [-0.25, -0.2) is 0 Å². The van der Waals surface area contributed by atoms with E-state index < -0.39 is 0 Å². The average Bonchev–Trinajstić information content (AvgIpc) is 2.57. The lowest BCUT2D eigenvalue weighted by Gasteiger charge is -2.14. The third-order valence-corrected chi connectivity index (χ3v) is 3.86.